The van der Waals surface area contributed by atoms with E-state index in [1.807, 2.05) is 0 Å². The van der Waals surface area contributed by atoms with Crippen LogP contribution in [0.2, 0.25) is 0 Å². The lowest BCUT2D eigenvalue weighted by molar-refractivity contribution is -0.132. The molecule has 2 rings (SSSR count). The van der Waals surface area contributed by atoms with E-state index in [0.717, 1.165) is 45.6 Å². The van der Waals surface area contributed by atoms with E-state index in [2.05, 4.69) is 22.2 Å². The van der Waals surface area contributed by atoms with Gasteiger partial charge in [-0.2, -0.15) is 0 Å². The van der Waals surface area contributed by atoms with Gasteiger partial charge >= 0.3 is 0 Å². The van der Waals surface area contributed by atoms with Crippen LogP contribution < -0.4 is 5.32 Å². The molecule has 0 radical (unpaired) electrons. The van der Waals surface area contributed by atoms with E-state index in [1.54, 1.807) is 0 Å². The molecule has 2 fully saturated rings. The molecular formula is C13H25N3O. The highest BCUT2D eigenvalue weighted by Crippen LogP contribution is 2.19. The summed E-state index contributed by atoms with van der Waals surface area (Å²) in [5.74, 6) is 0.950. The summed E-state index contributed by atoms with van der Waals surface area (Å²) in [6.45, 7) is 6.12. The van der Waals surface area contributed by atoms with E-state index in [-0.39, 0.29) is 0 Å². The number of hydrogen-bond donors (Lipinski definition) is 1. The van der Waals surface area contributed by atoms with Crippen molar-refractivity contribution in [1.29, 1.82) is 0 Å². The summed E-state index contributed by atoms with van der Waals surface area (Å²) in [6, 6.07) is 0. The van der Waals surface area contributed by atoms with Crippen LogP contribution in [0.1, 0.15) is 25.7 Å². The minimum atomic E-state index is 0.369. The highest BCUT2D eigenvalue weighted by Gasteiger charge is 2.23. The molecule has 0 bridgehead atoms. The Bertz CT molecular complexity index is 249. The van der Waals surface area contributed by atoms with Gasteiger partial charge in [-0.25, -0.2) is 0 Å². The average molecular weight is 239 g/mol. The molecule has 0 spiro atoms. The maximum Gasteiger partial charge on any atom is 0.222 e. The zero-order chi connectivity index (χ0) is 12.1. The topological polar surface area (TPSA) is 35.6 Å². The number of piperidine rings is 1. The normalized spacial score (nSPS) is 27.8. The van der Waals surface area contributed by atoms with Crippen LogP contribution in [0.3, 0.4) is 0 Å². The Hall–Kier alpha value is -0.610. The smallest absolute Gasteiger partial charge is 0.222 e. The van der Waals surface area contributed by atoms with Crippen molar-refractivity contribution in [2.45, 2.75) is 25.7 Å². The number of carbonyl (C=O) groups excluding carboxylic acids is 1. The zero-order valence-electron chi connectivity index (χ0n) is 11.0. The second-order valence-corrected chi connectivity index (χ2v) is 5.46. The summed E-state index contributed by atoms with van der Waals surface area (Å²) in [5.41, 5.74) is 0. The summed E-state index contributed by atoms with van der Waals surface area (Å²) in [4.78, 5) is 16.6. The van der Waals surface area contributed by atoms with Gasteiger partial charge in [0.25, 0.3) is 0 Å². The van der Waals surface area contributed by atoms with Crippen molar-refractivity contribution in [3.63, 3.8) is 0 Å². The van der Waals surface area contributed by atoms with E-state index >= 15 is 0 Å². The van der Waals surface area contributed by atoms with E-state index in [9.17, 15) is 4.79 Å². The standard InChI is InChI=1S/C13H25N3O/c1-15-7-2-4-12(11-15)10-13(17)16-8-3-5-14-6-9-16/h12,14H,2-11H2,1H3. The van der Waals surface area contributed by atoms with Crippen LogP contribution in [0.25, 0.3) is 0 Å². The first-order valence-electron chi connectivity index (χ1n) is 6.93. The lowest BCUT2D eigenvalue weighted by atomic mass is 9.94. The second kappa shape index (κ2) is 6.36. The van der Waals surface area contributed by atoms with Gasteiger partial charge in [-0.1, -0.05) is 0 Å². The number of amides is 1. The molecule has 0 aliphatic carbocycles. The SMILES string of the molecule is CN1CCCC(CC(=O)N2CCCNCC2)C1. The molecule has 4 heteroatoms. The minimum Gasteiger partial charge on any atom is -0.341 e. The zero-order valence-corrected chi connectivity index (χ0v) is 11.0. The Morgan fingerprint density at radius 1 is 1.24 bits per heavy atom. The molecule has 2 saturated heterocycles. The Balaban J connectivity index is 1.78. The molecule has 0 aromatic heterocycles. The van der Waals surface area contributed by atoms with E-state index in [1.165, 1.54) is 19.4 Å². The fourth-order valence-corrected chi connectivity index (χ4v) is 2.91. The van der Waals surface area contributed by atoms with Crippen LogP contribution in [0.4, 0.5) is 0 Å². The van der Waals surface area contributed by atoms with Crippen molar-refractivity contribution in [2.75, 3.05) is 46.3 Å². The molecule has 1 atom stereocenters. The van der Waals surface area contributed by atoms with Crippen molar-refractivity contribution < 1.29 is 4.79 Å². The molecule has 98 valence electrons. The lowest BCUT2D eigenvalue weighted by Crippen LogP contribution is -2.38. The molecule has 17 heavy (non-hydrogen) atoms. The van der Waals surface area contributed by atoms with Gasteiger partial charge in [0.2, 0.25) is 5.91 Å². The first kappa shape index (κ1) is 12.8. The maximum atomic E-state index is 12.2. The Labute approximate surface area is 104 Å². The second-order valence-electron chi connectivity index (χ2n) is 5.46. The summed E-state index contributed by atoms with van der Waals surface area (Å²) in [5, 5.41) is 3.34. The quantitative estimate of drug-likeness (QED) is 0.764. The fourth-order valence-electron chi connectivity index (χ4n) is 2.91. The van der Waals surface area contributed by atoms with Crippen LogP contribution in [-0.2, 0) is 4.79 Å². The average Bonchev–Trinajstić information content (AvgIpc) is 2.57. The number of nitrogens with one attached hydrogen (secondary N) is 1. The van der Waals surface area contributed by atoms with Gasteiger partial charge in [-0.05, 0) is 45.3 Å². The third-order valence-corrected chi connectivity index (χ3v) is 3.88. The van der Waals surface area contributed by atoms with Crippen LogP contribution >= 0.6 is 0 Å². The van der Waals surface area contributed by atoms with Gasteiger partial charge in [-0.3, -0.25) is 4.79 Å². The van der Waals surface area contributed by atoms with E-state index in [0.29, 0.717) is 11.8 Å². The van der Waals surface area contributed by atoms with Crippen LogP contribution in [0.5, 0.6) is 0 Å². The third kappa shape index (κ3) is 3.96. The predicted octanol–water partition coefficient (Wildman–Crippen LogP) is 0.540. The molecule has 2 aliphatic heterocycles. The first-order chi connectivity index (χ1) is 8.25. The minimum absolute atomic E-state index is 0.369. The number of nitrogens with zero attached hydrogens (tertiary/aromatic N) is 2. The largest absolute Gasteiger partial charge is 0.341 e. The van der Waals surface area contributed by atoms with E-state index in [4.69, 9.17) is 0 Å². The fraction of sp³-hybridized carbons (Fsp3) is 0.923. The van der Waals surface area contributed by atoms with Crippen molar-refractivity contribution >= 4 is 5.91 Å². The molecule has 0 saturated carbocycles. The molecule has 4 nitrogen and oxygen atoms in total. The van der Waals surface area contributed by atoms with Crippen molar-refractivity contribution in [3.05, 3.63) is 0 Å². The Morgan fingerprint density at radius 3 is 2.94 bits per heavy atom. The van der Waals surface area contributed by atoms with Crippen LogP contribution in [-0.4, -0.2) is 62.0 Å². The highest BCUT2D eigenvalue weighted by atomic mass is 16.2. The molecule has 0 aromatic rings. The van der Waals surface area contributed by atoms with Crippen LogP contribution in [0.15, 0.2) is 0 Å². The first-order valence-corrected chi connectivity index (χ1v) is 6.93. The molecular weight excluding hydrogens is 214 g/mol. The molecule has 2 heterocycles. The lowest BCUT2D eigenvalue weighted by Gasteiger charge is -2.30. The number of carbonyl (C=O) groups is 1. The van der Waals surface area contributed by atoms with Crippen LogP contribution in [0, 0.1) is 5.92 Å². The molecule has 1 N–H and O–H groups in total. The van der Waals surface area contributed by atoms with Gasteiger partial charge < -0.3 is 15.1 Å². The third-order valence-electron chi connectivity index (χ3n) is 3.88. The van der Waals surface area contributed by atoms with Gasteiger partial charge in [0.05, 0.1) is 0 Å². The van der Waals surface area contributed by atoms with Gasteiger partial charge in [0.15, 0.2) is 0 Å². The van der Waals surface area contributed by atoms with Crippen molar-refractivity contribution in [2.24, 2.45) is 5.92 Å². The molecule has 1 amide bonds. The molecule has 0 aromatic carbocycles. The van der Waals surface area contributed by atoms with Gasteiger partial charge in [0.1, 0.15) is 0 Å². The van der Waals surface area contributed by atoms with Gasteiger partial charge in [-0.15, -0.1) is 0 Å². The summed E-state index contributed by atoms with van der Waals surface area (Å²) in [6.07, 6.45) is 4.32. The maximum absolute atomic E-state index is 12.2. The number of hydrogen-bond acceptors (Lipinski definition) is 3. The van der Waals surface area contributed by atoms with E-state index < -0.39 is 0 Å². The highest BCUT2D eigenvalue weighted by molar-refractivity contribution is 5.76. The van der Waals surface area contributed by atoms with Crippen molar-refractivity contribution in [3.8, 4) is 0 Å². The summed E-state index contributed by atoms with van der Waals surface area (Å²) < 4.78 is 0. The number of likely N-dealkylation sites (tertiary alicyclic amines) is 1. The Morgan fingerprint density at radius 2 is 2.12 bits per heavy atom. The molecule has 1 unspecified atom stereocenters. The van der Waals surface area contributed by atoms with Gasteiger partial charge in [0, 0.05) is 32.6 Å². The molecule has 2 aliphatic rings. The summed E-state index contributed by atoms with van der Waals surface area (Å²) >= 11 is 0. The number of rotatable bonds is 2. The predicted molar refractivity (Wildman–Crippen MR) is 68.9 cm³/mol. The van der Waals surface area contributed by atoms with Crippen molar-refractivity contribution in [1.82, 2.24) is 15.1 Å². The monoisotopic (exact) mass is 239 g/mol. The Kier molecular flexibility index (Phi) is 4.80. The summed E-state index contributed by atoms with van der Waals surface area (Å²) in [7, 11) is 2.16.